The Morgan fingerprint density at radius 1 is 1.14 bits per heavy atom. The van der Waals surface area contributed by atoms with Crippen LogP contribution in [-0.4, -0.2) is 70.0 Å². The predicted octanol–water partition coefficient (Wildman–Crippen LogP) is 2.17. The zero-order valence-corrected chi connectivity index (χ0v) is 17.0. The summed E-state index contributed by atoms with van der Waals surface area (Å²) >= 11 is 0. The Hall–Kier alpha value is 0.207. The van der Waals surface area contributed by atoms with Gasteiger partial charge in [0, 0.05) is 0 Å². The molecule has 0 aliphatic heterocycles. The summed E-state index contributed by atoms with van der Waals surface area (Å²) in [4.78, 5) is 9.57. The van der Waals surface area contributed by atoms with Crippen LogP contribution in [0.2, 0.25) is 18.1 Å². The number of likely N-dealkylation sites (N-methyl/N-ethyl adjacent to an activating group) is 1. The molecule has 0 bridgehead atoms. The molecule has 22 heavy (non-hydrogen) atoms. The molecule has 0 aliphatic rings. The van der Waals surface area contributed by atoms with E-state index in [1.54, 1.807) is 21.1 Å². The fourth-order valence-electron chi connectivity index (χ4n) is 1.09. The van der Waals surface area contributed by atoms with E-state index in [1.807, 2.05) is 0 Å². The van der Waals surface area contributed by atoms with Crippen molar-refractivity contribution >= 4 is 16.1 Å². The first kappa shape index (κ1) is 22.2. The Bertz CT molecular complexity index is 391. The summed E-state index contributed by atoms with van der Waals surface area (Å²) in [6.07, 6.45) is -0.910. The zero-order valence-electron chi connectivity index (χ0n) is 15.1. The Kier molecular flexibility index (Phi) is 7.93. The van der Waals surface area contributed by atoms with Crippen molar-refractivity contribution in [2.24, 2.45) is 0 Å². The van der Waals surface area contributed by atoms with Gasteiger partial charge in [0.2, 0.25) is 6.23 Å². The van der Waals surface area contributed by atoms with Crippen LogP contribution in [0.3, 0.4) is 0 Å². The van der Waals surface area contributed by atoms with Crippen molar-refractivity contribution in [2.45, 2.75) is 45.1 Å². The van der Waals surface area contributed by atoms with Crippen LogP contribution >= 0.6 is 7.82 Å². The number of aliphatic hydroxyl groups excluding tert-OH is 1. The van der Waals surface area contributed by atoms with Gasteiger partial charge >= 0.3 is 7.82 Å². The molecule has 7 nitrogen and oxygen atoms in total. The number of hydrogen-bond acceptors (Lipinski definition) is 5. The third-order valence-electron chi connectivity index (χ3n) is 3.89. The number of phosphoric ester groups is 1. The lowest BCUT2D eigenvalue weighted by Gasteiger charge is -2.36. The first-order chi connectivity index (χ1) is 9.58. The van der Waals surface area contributed by atoms with Crippen LogP contribution in [0.1, 0.15) is 20.8 Å². The van der Waals surface area contributed by atoms with Crippen LogP contribution in [-0.2, 0) is 18.0 Å². The van der Waals surface area contributed by atoms with Crippen molar-refractivity contribution in [2.75, 3.05) is 41.0 Å². The molecule has 9 heteroatoms. The highest BCUT2D eigenvalue weighted by Gasteiger charge is 2.37. The van der Waals surface area contributed by atoms with E-state index in [9.17, 15) is 14.6 Å². The minimum atomic E-state index is -4.17. The molecule has 0 aromatic rings. The first-order valence-electron chi connectivity index (χ1n) is 7.33. The highest BCUT2D eigenvalue weighted by molar-refractivity contribution is 7.47. The number of nitrogens with zero attached hydrogens (tertiary/aromatic N) is 1. The molecule has 0 aromatic heterocycles. The molecule has 0 radical (unpaired) electrons. The summed E-state index contributed by atoms with van der Waals surface area (Å²) in [7, 11) is -0.808. The molecule has 0 heterocycles. The number of phosphoric acid groups is 1. The van der Waals surface area contributed by atoms with Gasteiger partial charge in [-0.1, -0.05) is 20.8 Å². The Balaban J connectivity index is 4.18. The van der Waals surface area contributed by atoms with E-state index in [1.165, 1.54) is 0 Å². The van der Waals surface area contributed by atoms with Gasteiger partial charge in [-0.25, -0.2) is 4.57 Å². The second-order valence-corrected chi connectivity index (χ2v) is 14.1. The smallest absolute Gasteiger partial charge is 0.414 e. The van der Waals surface area contributed by atoms with Crippen molar-refractivity contribution in [1.82, 2.24) is 0 Å². The van der Waals surface area contributed by atoms with Gasteiger partial charge in [0.15, 0.2) is 8.32 Å². The minimum Gasteiger partial charge on any atom is -0.414 e. The molecule has 0 fully saturated rings. The first-order valence-corrected chi connectivity index (χ1v) is 11.7. The Morgan fingerprint density at radius 3 is 2.05 bits per heavy atom. The third-order valence-corrected chi connectivity index (χ3v) is 9.41. The highest BCUT2D eigenvalue weighted by atomic mass is 31.2. The van der Waals surface area contributed by atoms with Crippen LogP contribution in [0, 0.1) is 0 Å². The fourth-order valence-corrected chi connectivity index (χ4v) is 2.82. The second-order valence-electron chi connectivity index (χ2n) is 7.80. The maximum Gasteiger partial charge on any atom is 0.472 e. The summed E-state index contributed by atoms with van der Waals surface area (Å²) in [5, 5.41) is 9.83. The van der Waals surface area contributed by atoms with Crippen molar-refractivity contribution in [3.8, 4) is 0 Å². The molecular formula is C13H33NO6PSi+. The number of rotatable bonds is 9. The monoisotopic (exact) mass is 358 g/mol. The van der Waals surface area contributed by atoms with Crippen molar-refractivity contribution < 1.29 is 32.5 Å². The average molecular weight is 358 g/mol. The van der Waals surface area contributed by atoms with Gasteiger partial charge in [-0.15, -0.1) is 0 Å². The van der Waals surface area contributed by atoms with Gasteiger partial charge in [0.05, 0.1) is 34.4 Å². The summed E-state index contributed by atoms with van der Waals surface area (Å²) in [6, 6.07) is 0. The van der Waals surface area contributed by atoms with Crippen molar-refractivity contribution in [3.63, 3.8) is 0 Å². The van der Waals surface area contributed by atoms with E-state index in [0.29, 0.717) is 0 Å². The van der Waals surface area contributed by atoms with Crippen LogP contribution in [0.4, 0.5) is 0 Å². The van der Waals surface area contributed by atoms with Crippen molar-refractivity contribution in [3.05, 3.63) is 0 Å². The molecule has 0 aliphatic carbocycles. The minimum absolute atomic E-state index is 0.0270. The van der Waals surface area contributed by atoms with Gasteiger partial charge in [-0.2, -0.15) is 0 Å². The molecule has 0 rings (SSSR count). The molecule has 2 unspecified atom stereocenters. The topological polar surface area (TPSA) is 85.2 Å². The van der Waals surface area contributed by atoms with E-state index in [0.717, 1.165) is 0 Å². The van der Waals surface area contributed by atoms with E-state index < -0.39 is 22.4 Å². The SMILES string of the molecule is CC(C)(C)[Si](C)(C)OCCOP(=O)(O)OCC(O)[N+](C)(C)C. The van der Waals surface area contributed by atoms with Crippen molar-refractivity contribution in [1.29, 1.82) is 0 Å². The van der Waals surface area contributed by atoms with Crippen LogP contribution in [0.15, 0.2) is 0 Å². The highest BCUT2D eigenvalue weighted by Crippen LogP contribution is 2.43. The number of quaternary nitrogens is 1. The standard InChI is InChI=1S/C13H32NO6PSi/c1-13(2,3)22(7,8)20-10-9-18-21(16,17)19-11-12(15)14(4,5)6/h12,15H,9-11H2,1-8H3/p+1. The molecule has 0 aromatic carbocycles. The molecule has 2 N–H and O–H groups in total. The molecular weight excluding hydrogens is 325 g/mol. The maximum atomic E-state index is 11.7. The second kappa shape index (κ2) is 7.85. The van der Waals surface area contributed by atoms with E-state index in [4.69, 9.17) is 13.5 Å². The van der Waals surface area contributed by atoms with E-state index in [2.05, 4.69) is 33.9 Å². The quantitative estimate of drug-likeness (QED) is 0.216. The molecule has 134 valence electrons. The molecule has 0 saturated carbocycles. The largest absolute Gasteiger partial charge is 0.472 e. The Labute approximate surface area is 135 Å². The summed E-state index contributed by atoms with van der Waals surface area (Å²) < 4.78 is 27.4. The van der Waals surface area contributed by atoms with Gasteiger partial charge in [-0.05, 0) is 18.1 Å². The normalized spacial score (nSPS) is 18.1. The molecule has 0 saturated heterocycles. The van der Waals surface area contributed by atoms with Crippen LogP contribution in [0.25, 0.3) is 0 Å². The summed E-state index contributed by atoms with van der Waals surface area (Å²) in [5.74, 6) is 0. The number of hydrogen-bond donors (Lipinski definition) is 2. The fraction of sp³-hybridized carbons (Fsp3) is 1.00. The zero-order chi connectivity index (χ0) is 17.8. The summed E-state index contributed by atoms with van der Waals surface area (Å²) in [6.45, 7) is 10.5. The van der Waals surface area contributed by atoms with Crippen LogP contribution < -0.4 is 0 Å². The lowest BCUT2D eigenvalue weighted by molar-refractivity contribution is -0.918. The molecule has 0 amide bonds. The average Bonchev–Trinajstić information content (AvgIpc) is 2.29. The van der Waals surface area contributed by atoms with Crippen LogP contribution in [0.5, 0.6) is 0 Å². The number of aliphatic hydroxyl groups is 1. The third kappa shape index (κ3) is 8.17. The molecule has 2 atom stereocenters. The lowest BCUT2D eigenvalue weighted by atomic mass is 10.2. The van der Waals surface area contributed by atoms with Gasteiger partial charge < -0.3 is 18.9 Å². The van der Waals surface area contributed by atoms with Gasteiger partial charge in [0.25, 0.3) is 0 Å². The summed E-state index contributed by atoms with van der Waals surface area (Å²) in [5.41, 5.74) is 0. The maximum absolute atomic E-state index is 11.7. The Morgan fingerprint density at radius 2 is 1.64 bits per heavy atom. The molecule has 0 spiro atoms. The van der Waals surface area contributed by atoms with E-state index in [-0.39, 0.29) is 29.3 Å². The lowest BCUT2D eigenvalue weighted by Crippen LogP contribution is -2.47. The van der Waals surface area contributed by atoms with Gasteiger partial charge in [-0.3, -0.25) is 9.05 Å². The van der Waals surface area contributed by atoms with E-state index >= 15 is 0 Å². The predicted molar refractivity (Wildman–Crippen MR) is 88.9 cm³/mol. The van der Waals surface area contributed by atoms with Gasteiger partial charge in [0.1, 0.15) is 6.61 Å².